The number of nitriles is 1. The van der Waals surface area contributed by atoms with E-state index in [-0.39, 0.29) is 23.4 Å². The average Bonchev–Trinajstić information content (AvgIpc) is 3.05. The summed E-state index contributed by atoms with van der Waals surface area (Å²) < 4.78 is 7.42. The zero-order valence-electron chi connectivity index (χ0n) is 19.0. The van der Waals surface area contributed by atoms with Crippen molar-refractivity contribution in [3.8, 4) is 6.07 Å². The maximum Gasteiger partial charge on any atom is 0.255 e. The molecule has 2 aromatic rings. The van der Waals surface area contributed by atoms with Gasteiger partial charge >= 0.3 is 0 Å². The number of carbonyl (C=O) groups is 1. The van der Waals surface area contributed by atoms with Crippen LogP contribution in [0.15, 0.2) is 6.07 Å². The number of ether oxygens (including phenoxy) is 1. The Morgan fingerprint density at radius 3 is 2.60 bits per heavy atom. The number of amides is 1. The predicted octanol–water partition coefficient (Wildman–Crippen LogP) is 4.15. The molecule has 3 rings (SSSR count). The molecule has 0 saturated carbocycles. The van der Waals surface area contributed by atoms with Gasteiger partial charge in [0.1, 0.15) is 0 Å². The number of pyridine rings is 1. The fourth-order valence-corrected chi connectivity index (χ4v) is 4.01. The summed E-state index contributed by atoms with van der Waals surface area (Å²) in [6.07, 6.45) is 1.90. The molecular weight excluding hydrogens is 378 g/mol. The van der Waals surface area contributed by atoms with E-state index < -0.39 is 0 Å². The molecule has 1 aliphatic rings. The number of hydrogen-bond donors (Lipinski definition) is 0. The highest BCUT2D eigenvalue weighted by Gasteiger charge is 2.31. The van der Waals surface area contributed by atoms with Crippen LogP contribution in [0, 0.1) is 18.3 Å². The summed E-state index contributed by atoms with van der Waals surface area (Å²) in [6.45, 7) is 14.1. The van der Waals surface area contributed by atoms with Gasteiger partial charge in [0.2, 0.25) is 0 Å². The lowest BCUT2D eigenvalue weighted by molar-refractivity contribution is 0.0297. The summed E-state index contributed by atoms with van der Waals surface area (Å²) in [5.74, 6) is 0.142. The van der Waals surface area contributed by atoms with Crippen LogP contribution < -0.4 is 0 Å². The number of carbonyl (C=O) groups excluding carboxylic acids is 1. The first-order valence-corrected chi connectivity index (χ1v) is 10.8. The maximum absolute atomic E-state index is 13.9. The molecule has 1 amide bonds. The van der Waals surface area contributed by atoms with Crippen LogP contribution in [-0.4, -0.2) is 51.4 Å². The summed E-state index contributed by atoms with van der Waals surface area (Å²) in [4.78, 5) is 20.6. The second-order valence-corrected chi connectivity index (χ2v) is 9.37. The van der Waals surface area contributed by atoms with E-state index in [1.54, 1.807) is 0 Å². The van der Waals surface area contributed by atoms with Crippen molar-refractivity contribution >= 4 is 16.9 Å². The second-order valence-electron chi connectivity index (χ2n) is 9.37. The molecule has 3 heterocycles. The summed E-state index contributed by atoms with van der Waals surface area (Å²) in [6, 6.07) is 4.20. The standard InChI is InChI=1S/C23H33N5O2/c1-15(2)19-14-18(20-16(3)26-28(21(20)25-19)23(4,5)6)22(29)27(11-7-10-24)17-8-12-30-13-9-17/h14-15,17H,7-9,11-13H2,1-6H3. The molecule has 0 bridgehead atoms. The van der Waals surface area contributed by atoms with Crippen LogP contribution in [0.4, 0.5) is 0 Å². The molecule has 1 fully saturated rings. The first kappa shape index (κ1) is 22.2. The van der Waals surface area contributed by atoms with E-state index in [0.717, 1.165) is 35.3 Å². The molecule has 1 aliphatic heterocycles. The molecular formula is C23H33N5O2. The van der Waals surface area contributed by atoms with Crippen LogP contribution in [-0.2, 0) is 10.3 Å². The lowest BCUT2D eigenvalue weighted by atomic mass is 10.0. The quantitative estimate of drug-likeness (QED) is 0.738. The summed E-state index contributed by atoms with van der Waals surface area (Å²) in [5, 5.41) is 14.7. The van der Waals surface area contributed by atoms with Gasteiger partial charge in [0.05, 0.1) is 34.7 Å². The lowest BCUT2D eigenvalue weighted by Crippen LogP contribution is -2.44. The van der Waals surface area contributed by atoms with Crippen LogP contribution >= 0.6 is 0 Å². The summed E-state index contributed by atoms with van der Waals surface area (Å²) in [5.41, 5.74) is 2.82. The van der Waals surface area contributed by atoms with Gasteiger partial charge in [-0.2, -0.15) is 10.4 Å². The molecule has 0 atom stereocenters. The Hall–Kier alpha value is -2.46. The van der Waals surface area contributed by atoms with Gasteiger partial charge in [-0.25, -0.2) is 9.67 Å². The van der Waals surface area contributed by atoms with Gasteiger partial charge in [-0.3, -0.25) is 4.79 Å². The molecule has 7 heteroatoms. The minimum absolute atomic E-state index is 0.0389. The first-order valence-electron chi connectivity index (χ1n) is 10.8. The van der Waals surface area contributed by atoms with Crippen LogP contribution in [0.25, 0.3) is 11.0 Å². The molecule has 162 valence electrons. The first-order chi connectivity index (χ1) is 14.1. The Morgan fingerprint density at radius 2 is 2.03 bits per heavy atom. The lowest BCUT2D eigenvalue weighted by Gasteiger charge is -2.34. The van der Waals surface area contributed by atoms with Crippen molar-refractivity contribution in [3.63, 3.8) is 0 Å². The van der Waals surface area contributed by atoms with Gasteiger partial charge in [0.15, 0.2) is 5.65 Å². The Balaban J connectivity index is 2.17. The van der Waals surface area contributed by atoms with Crippen molar-refractivity contribution in [2.45, 2.75) is 78.3 Å². The molecule has 0 spiro atoms. The fourth-order valence-electron chi connectivity index (χ4n) is 4.01. The van der Waals surface area contributed by atoms with Gasteiger partial charge in [0.25, 0.3) is 5.91 Å². The van der Waals surface area contributed by atoms with Crippen molar-refractivity contribution < 1.29 is 9.53 Å². The van der Waals surface area contributed by atoms with Crippen molar-refractivity contribution in [1.29, 1.82) is 5.26 Å². The highest BCUT2D eigenvalue weighted by atomic mass is 16.5. The second kappa shape index (κ2) is 8.73. The smallest absolute Gasteiger partial charge is 0.255 e. The van der Waals surface area contributed by atoms with E-state index in [4.69, 9.17) is 20.1 Å². The molecule has 7 nitrogen and oxygen atoms in total. The Bertz CT molecular complexity index is 959. The van der Waals surface area contributed by atoms with Crippen molar-refractivity contribution in [2.24, 2.45) is 0 Å². The minimum atomic E-state index is -0.253. The molecule has 1 saturated heterocycles. The normalized spacial score (nSPS) is 15.5. The van der Waals surface area contributed by atoms with Gasteiger partial charge in [0, 0.05) is 31.5 Å². The van der Waals surface area contributed by atoms with E-state index in [2.05, 4.69) is 40.7 Å². The third-order valence-corrected chi connectivity index (χ3v) is 5.65. The van der Waals surface area contributed by atoms with Crippen LogP contribution in [0.3, 0.4) is 0 Å². The van der Waals surface area contributed by atoms with E-state index in [9.17, 15) is 4.79 Å². The molecule has 0 aliphatic carbocycles. The maximum atomic E-state index is 13.9. The Morgan fingerprint density at radius 1 is 1.37 bits per heavy atom. The monoisotopic (exact) mass is 411 g/mol. The third-order valence-electron chi connectivity index (χ3n) is 5.65. The number of aryl methyl sites for hydroxylation is 1. The molecule has 30 heavy (non-hydrogen) atoms. The predicted molar refractivity (Wildman–Crippen MR) is 116 cm³/mol. The molecule has 0 N–H and O–H groups in total. The largest absolute Gasteiger partial charge is 0.381 e. The molecule has 0 unspecified atom stereocenters. The summed E-state index contributed by atoms with van der Waals surface area (Å²) in [7, 11) is 0. The van der Waals surface area contributed by atoms with Gasteiger partial charge in [-0.05, 0) is 52.5 Å². The van der Waals surface area contributed by atoms with Crippen molar-refractivity contribution in [1.82, 2.24) is 19.7 Å². The fraction of sp³-hybridized carbons (Fsp3) is 0.652. The van der Waals surface area contributed by atoms with Crippen LogP contribution in [0.2, 0.25) is 0 Å². The topological polar surface area (TPSA) is 84.0 Å². The third kappa shape index (κ3) is 4.34. The average molecular weight is 412 g/mol. The van der Waals surface area contributed by atoms with Crippen molar-refractivity contribution in [2.75, 3.05) is 19.8 Å². The zero-order valence-corrected chi connectivity index (χ0v) is 19.0. The van der Waals surface area contributed by atoms with E-state index in [1.807, 2.05) is 22.6 Å². The van der Waals surface area contributed by atoms with E-state index >= 15 is 0 Å². The van der Waals surface area contributed by atoms with Gasteiger partial charge < -0.3 is 9.64 Å². The number of fused-ring (bicyclic) bond motifs is 1. The SMILES string of the molecule is Cc1nn(C(C)(C)C)c2nc(C(C)C)cc(C(=O)N(CCC#N)C3CCOCC3)c12. The summed E-state index contributed by atoms with van der Waals surface area (Å²) >= 11 is 0. The van der Waals surface area contributed by atoms with E-state index in [1.165, 1.54) is 0 Å². The van der Waals surface area contributed by atoms with Gasteiger partial charge in [-0.15, -0.1) is 0 Å². The Kier molecular flexibility index (Phi) is 6.47. The highest BCUT2D eigenvalue weighted by Crippen LogP contribution is 2.30. The number of rotatable bonds is 5. The number of aromatic nitrogens is 3. The van der Waals surface area contributed by atoms with E-state index in [0.29, 0.717) is 31.7 Å². The molecule has 0 radical (unpaired) electrons. The number of nitrogens with zero attached hydrogens (tertiary/aromatic N) is 5. The Labute approximate surface area is 179 Å². The van der Waals surface area contributed by atoms with Crippen molar-refractivity contribution in [3.05, 3.63) is 23.0 Å². The highest BCUT2D eigenvalue weighted by molar-refractivity contribution is 6.06. The van der Waals surface area contributed by atoms with Crippen LogP contribution in [0.5, 0.6) is 0 Å². The number of hydrogen-bond acceptors (Lipinski definition) is 5. The zero-order chi connectivity index (χ0) is 22.1. The molecule has 2 aromatic heterocycles. The molecule has 0 aromatic carbocycles. The minimum Gasteiger partial charge on any atom is -0.381 e. The van der Waals surface area contributed by atoms with Crippen LogP contribution in [0.1, 0.15) is 81.5 Å². The van der Waals surface area contributed by atoms with Gasteiger partial charge in [-0.1, -0.05) is 13.8 Å².